The van der Waals surface area contributed by atoms with E-state index < -0.39 is 0 Å². The zero-order valence-electron chi connectivity index (χ0n) is 14.7. The third-order valence-electron chi connectivity index (χ3n) is 4.96. The lowest BCUT2D eigenvalue weighted by Crippen LogP contribution is -2.53. The summed E-state index contributed by atoms with van der Waals surface area (Å²) in [6.45, 7) is 5.04. The molecule has 1 rings (SSSR count). The summed E-state index contributed by atoms with van der Waals surface area (Å²) in [7, 11) is 0. The fraction of sp³-hybridized carbons (Fsp3) is 0.882. The first-order valence-corrected chi connectivity index (χ1v) is 9.10. The van der Waals surface area contributed by atoms with Crippen LogP contribution in [0.3, 0.4) is 0 Å². The minimum atomic E-state index is -0.289. The van der Waals surface area contributed by atoms with Gasteiger partial charge in [0, 0.05) is 25.6 Å². The molecule has 0 saturated heterocycles. The highest BCUT2D eigenvalue weighted by molar-refractivity contribution is 5.77. The highest BCUT2D eigenvalue weighted by Gasteiger charge is 2.25. The van der Waals surface area contributed by atoms with Crippen LogP contribution in [0.1, 0.15) is 71.6 Å². The summed E-state index contributed by atoms with van der Waals surface area (Å²) >= 11 is 0. The van der Waals surface area contributed by atoms with Crippen molar-refractivity contribution in [2.45, 2.75) is 83.2 Å². The monoisotopic (exact) mass is 326 g/mol. The molecule has 1 saturated carbocycles. The second-order valence-corrected chi connectivity index (χ2v) is 6.58. The van der Waals surface area contributed by atoms with Crippen LogP contribution in [0.2, 0.25) is 0 Å². The molecule has 0 aromatic rings. The predicted molar refractivity (Wildman–Crippen MR) is 93.2 cm³/mol. The lowest BCUT2D eigenvalue weighted by Gasteiger charge is -2.31. The third-order valence-corrected chi connectivity index (χ3v) is 4.96. The van der Waals surface area contributed by atoms with Crippen LogP contribution in [0.25, 0.3) is 0 Å². The maximum atomic E-state index is 12.0. The molecule has 134 valence electrons. The van der Waals surface area contributed by atoms with E-state index in [9.17, 15) is 9.59 Å². The van der Waals surface area contributed by atoms with Crippen LogP contribution in [-0.2, 0) is 4.79 Å². The Hall–Kier alpha value is -1.30. The van der Waals surface area contributed by atoms with Crippen LogP contribution in [-0.4, -0.2) is 36.6 Å². The summed E-state index contributed by atoms with van der Waals surface area (Å²) in [4.78, 5) is 23.8. The normalized spacial score (nSPS) is 16.0. The molecule has 0 atom stereocenters. The van der Waals surface area contributed by atoms with Crippen LogP contribution in [0, 0.1) is 0 Å². The van der Waals surface area contributed by atoms with Crippen molar-refractivity contribution in [3.63, 3.8) is 0 Å². The number of nitrogens with one attached hydrogen (secondary N) is 3. The Morgan fingerprint density at radius 3 is 2.35 bits per heavy atom. The molecular formula is C17H34N4O2. The Balaban J connectivity index is 2.15. The van der Waals surface area contributed by atoms with Gasteiger partial charge in [-0.25, -0.2) is 4.79 Å². The van der Waals surface area contributed by atoms with Crippen LogP contribution < -0.4 is 21.7 Å². The van der Waals surface area contributed by atoms with Gasteiger partial charge in [0.15, 0.2) is 0 Å². The molecular weight excluding hydrogens is 292 g/mol. The third kappa shape index (κ3) is 7.20. The topological polar surface area (TPSA) is 96.2 Å². The maximum Gasteiger partial charge on any atom is 0.315 e. The van der Waals surface area contributed by atoms with Crippen LogP contribution in [0.5, 0.6) is 0 Å². The van der Waals surface area contributed by atoms with Gasteiger partial charge in [-0.3, -0.25) is 4.79 Å². The number of carbonyl (C=O) groups excluding carboxylic acids is 2. The zero-order valence-corrected chi connectivity index (χ0v) is 14.7. The molecule has 0 aromatic carbocycles. The minimum Gasteiger partial charge on any atom is -0.349 e. The molecule has 6 heteroatoms. The fourth-order valence-corrected chi connectivity index (χ4v) is 3.06. The van der Waals surface area contributed by atoms with Crippen molar-refractivity contribution in [1.82, 2.24) is 16.0 Å². The molecule has 3 amide bonds. The van der Waals surface area contributed by atoms with Crippen LogP contribution in [0.4, 0.5) is 4.79 Å². The van der Waals surface area contributed by atoms with Crippen molar-refractivity contribution in [3.8, 4) is 0 Å². The average molecular weight is 326 g/mol. The number of nitrogens with two attached hydrogens (primary N) is 1. The molecule has 0 aromatic heterocycles. The first-order chi connectivity index (χ1) is 11.0. The molecule has 0 heterocycles. The van der Waals surface area contributed by atoms with E-state index in [1.807, 2.05) is 13.8 Å². The number of urea groups is 1. The summed E-state index contributed by atoms with van der Waals surface area (Å²) in [6.07, 6.45) is 8.52. The fourth-order valence-electron chi connectivity index (χ4n) is 3.06. The maximum absolute atomic E-state index is 12.0. The second-order valence-electron chi connectivity index (χ2n) is 6.58. The highest BCUT2D eigenvalue weighted by atomic mass is 16.2. The quantitative estimate of drug-likeness (QED) is 0.488. The average Bonchev–Trinajstić information content (AvgIpc) is 2.57. The smallest absolute Gasteiger partial charge is 0.315 e. The molecule has 1 fully saturated rings. The standard InChI is InChI=1S/C17H34N4O2/c1-3-17(4-2,13-18)21-15(22)11-8-12-19-16(23)20-14-9-6-5-7-10-14/h14H,3-13,18H2,1-2H3,(H,21,22)(H2,19,20,23). The molecule has 0 aliphatic heterocycles. The molecule has 5 N–H and O–H groups in total. The molecule has 0 spiro atoms. The van der Waals surface area contributed by atoms with Gasteiger partial charge in [0.1, 0.15) is 0 Å². The van der Waals surface area contributed by atoms with Gasteiger partial charge in [-0.2, -0.15) is 0 Å². The van der Waals surface area contributed by atoms with Gasteiger partial charge in [0.05, 0.1) is 5.54 Å². The molecule has 1 aliphatic carbocycles. The molecule has 0 radical (unpaired) electrons. The summed E-state index contributed by atoms with van der Waals surface area (Å²) in [5.41, 5.74) is 5.49. The van der Waals surface area contributed by atoms with Gasteiger partial charge in [0.25, 0.3) is 0 Å². The summed E-state index contributed by atoms with van der Waals surface area (Å²) in [6, 6.07) is 0.196. The van der Waals surface area contributed by atoms with Crippen LogP contribution in [0.15, 0.2) is 0 Å². The lowest BCUT2D eigenvalue weighted by molar-refractivity contribution is -0.123. The van der Waals surface area contributed by atoms with Crippen molar-refractivity contribution in [1.29, 1.82) is 0 Å². The Morgan fingerprint density at radius 2 is 1.78 bits per heavy atom. The highest BCUT2D eigenvalue weighted by Crippen LogP contribution is 2.17. The van der Waals surface area contributed by atoms with E-state index in [1.165, 1.54) is 19.3 Å². The van der Waals surface area contributed by atoms with Crippen molar-refractivity contribution in [3.05, 3.63) is 0 Å². The first-order valence-electron chi connectivity index (χ1n) is 9.10. The van der Waals surface area contributed by atoms with Crippen molar-refractivity contribution < 1.29 is 9.59 Å². The lowest BCUT2D eigenvalue weighted by atomic mass is 9.92. The van der Waals surface area contributed by atoms with Crippen molar-refractivity contribution in [2.75, 3.05) is 13.1 Å². The van der Waals surface area contributed by atoms with Gasteiger partial charge in [-0.15, -0.1) is 0 Å². The van der Waals surface area contributed by atoms with Gasteiger partial charge >= 0.3 is 6.03 Å². The molecule has 23 heavy (non-hydrogen) atoms. The van der Waals surface area contributed by atoms with E-state index in [-0.39, 0.29) is 17.5 Å². The van der Waals surface area contributed by atoms with Gasteiger partial charge < -0.3 is 21.7 Å². The summed E-state index contributed by atoms with van der Waals surface area (Å²) in [5.74, 6) is 0.00800. The van der Waals surface area contributed by atoms with E-state index in [0.717, 1.165) is 25.7 Å². The van der Waals surface area contributed by atoms with Crippen molar-refractivity contribution in [2.24, 2.45) is 5.73 Å². The van der Waals surface area contributed by atoms with Crippen LogP contribution >= 0.6 is 0 Å². The Kier molecular flexibility index (Phi) is 8.99. The van der Waals surface area contributed by atoms with E-state index in [4.69, 9.17) is 5.73 Å². The van der Waals surface area contributed by atoms with E-state index in [0.29, 0.717) is 32.0 Å². The van der Waals surface area contributed by atoms with Gasteiger partial charge in [-0.05, 0) is 32.1 Å². The van der Waals surface area contributed by atoms with E-state index in [2.05, 4.69) is 16.0 Å². The second kappa shape index (κ2) is 10.5. The van der Waals surface area contributed by atoms with E-state index in [1.54, 1.807) is 0 Å². The molecule has 0 bridgehead atoms. The van der Waals surface area contributed by atoms with Crippen molar-refractivity contribution >= 4 is 11.9 Å². The van der Waals surface area contributed by atoms with Gasteiger partial charge in [0.2, 0.25) is 5.91 Å². The molecule has 6 nitrogen and oxygen atoms in total. The minimum absolute atomic E-state index is 0.00800. The molecule has 1 aliphatic rings. The summed E-state index contributed by atoms with van der Waals surface area (Å²) in [5, 5.41) is 8.88. The SMILES string of the molecule is CCC(CC)(CN)NC(=O)CCCNC(=O)NC1CCCCC1. The largest absolute Gasteiger partial charge is 0.349 e. The number of hydrogen-bond donors (Lipinski definition) is 4. The number of rotatable bonds is 9. The predicted octanol–water partition coefficient (Wildman–Crippen LogP) is 2.03. The number of amides is 3. The van der Waals surface area contributed by atoms with Gasteiger partial charge in [-0.1, -0.05) is 33.1 Å². The summed E-state index contributed by atoms with van der Waals surface area (Å²) < 4.78 is 0. The zero-order chi connectivity index (χ0) is 17.1. The van der Waals surface area contributed by atoms with E-state index >= 15 is 0 Å². The number of carbonyl (C=O) groups is 2. The Bertz CT molecular complexity index is 355. The number of hydrogen-bond acceptors (Lipinski definition) is 3. The Morgan fingerprint density at radius 1 is 1.13 bits per heavy atom. The molecule has 0 unspecified atom stereocenters. The Labute approximate surface area is 140 Å². The first kappa shape index (κ1) is 19.7.